The van der Waals surface area contributed by atoms with Crippen LogP contribution >= 0.6 is 0 Å². The molecule has 10 heteroatoms. The predicted octanol–water partition coefficient (Wildman–Crippen LogP) is 4.16. The molecule has 3 aromatic rings. The van der Waals surface area contributed by atoms with Gasteiger partial charge in [0.05, 0.1) is 22.5 Å². The van der Waals surface area contributed by atoms with E-state index in [1.165, 1.54) is 24.4 Å². The fourth-order valence-electron chi connectivity index (χ4n) is 2.84. The second-order valence-electron chi connectivity index (χ2n) is 6.79. The number of phenolic OH excluding ortho intramolecular Hbond substituents is 1. The van der Waals surface area contributed by atoms with Crippen LogP contribution in [0.3, 0.4) is 0 Å². The van der Waals surface area contributed by atoms with Gasteiger partial charge in [0.1, 0.15) is 10.6 Å². The smallest absolute Gasteiger partial charge is 0.270 e. The van der Waals surface area contributed by atoms with E-state index >= 15 is 0 Å². The molecule has 31 heavy (non-hydrogen) atoms. The summed E-state index contributed by atoms with van der Waals surface area (Å²) in [4.78, 5) is 10.2. The number of aromatic hydroxyl groups is 1. The van der Waals surface area contributed by atoms with E-state index in [9.17, 15) is 23.6 Å². The summed E-state index contributed by atoms with van der Waals surface area (Å²) in [6, 6.07) is 15.1. The average molecular weight is 440 g/mol. The number of rotatable bonds is 7. The number of nitro groups is 1. The number of hydrogen-bond acceptors (Lipinski definition) is 7. The first-order chi connectivity index (χ1) is 14.7. The lowest BCUT2D eigenvalue weighted by molar-refractivity contribution is -0.385. The molecule has 0 spiro atoms. The normalized spacial score (nSPS) is 11.4. The maximum absolute atomic E-state index is 13.1. The van der Waals surface area contributed by atoms with Crippen LogP contribution in [0.2, 0.25) is 0 Å². The molecule has 0 aliphatic rings. The first kappa shape index (κ1) is 21.8. The number of benzene rings is 3. The van der Waals surface area contributed by atoms with E-state index in [0.717, 1.165) is 11.6 Å². The maximum Gasteiger partial charge on any atom is 0.270 e. The third kappa shape index (κ3) is 5.17. The van der Waals surface area contributed by atoms with Crippen molar-refractivity contribution in [1.29, 1.82) is 0 Å². The van der Waals surface area contributed by atoms with Crippen molar-refractivity contribution >= 4 is 33.3 Å². The van der Waals surface area contributed by atoms with Gasteiger partial charge >= 0.3 is 0 Å². The highest BCUT2D eigenvalue weighted by molar-refractivity contribution is 7.92. The summed E-state index contributed by atoms with van der Waals surface area (Å²) < 4.78 is 28.6. The molecule has 0 bridgehead atoms. The number of non-ortho nitro benzene ring substituents is 1. The summed E-state index contributed by atoms with van der Waals surface area (Å²) in [6.45, 7) is 3.64. The number of nitro benzene ring substituents is 1. The third-order valence-corrected chi connectivity index (χ3v) is 5.82. The van der Waals surface area contributed by atoms with Gasteiger partial charge in [-0.25, -0.2) is 8.42 Å². The molecule has 0 aromatic heterocycles. The van der Waals surface area contributed by atoms with Crippen LogP contribution in [0, 0.1) is 24.0 Å². The van der Waals surface area contributed by atoms with Gasteiger partial charge in [-0.15, -0.1) is 0 Å². The zero-order chi connectivity index (χ0) is 22.6. The van der Waals surface area contributed by atoms with Gasteiger partial charge in [0.15, 0.2) is 0 Å². The van der Waals surface area contributed by atoms with Gasteiger partial charge in [-0.3, -0.25) is 20.3 Å². The van der Waals surface area contributed by atoms with Crippen molar-refractivity contribution in [2.45, 2.75) is 18.7 Å². The molecule has 0 aliphatic carbocycles. The Morgan fingerprint density at radius 1 is 1.03 bits per heavy atom. The summed E-state index contributed by atoms with van der Waals surface area (Å²) >= 11 is 0. The number of phenols is 1. The molecule has 3 rings (SSSR count). The summed E-state index contributed by atoms with van der Waals surface area (Å²) in [5.74, 6) is 0.00103. The number of nitrogens with one attached hydrogen (secondary N) is 2. The topological polar surface area (TPSA) is 134 Å². The van der Waals surface area contributed by atoms with E-state index in [0.29, 0.717) is 16.8 Å². The van der Waals surface area contributed by atoms with Gasteiger partial charge in [0.25, 0.3) is 15.7 Å². The second-order valence-corrected chi connectivity index (χ2v) is 8.44. The Hall–Kier alpha value is -3.92. The minimum atomic E-state index is -4.18. The molecule has 0 heterocycles. The third-order valence-electron chi connectivity index (χ3n) is 4.42. The molecule has 0 fully saturated rings. The van der Waals surface area contributed by atoms with E-state index in [2.05, 4.69) is 15.2 Å². The SMILES string of the molecule is Cc1ccc(NS(=O)(=O)c2cc([N+](=O)[O-])ccc2NN=Cc2ccccc2O)c(C)c1. The van der Waals surface area contributed by atoms with Gasteiger partial charge in [0.2, 0.25) is 0 Å². The van der Waals surface area contributed by atoms with Crippen molar-refractivity contribution in [3.63, 3.8) is 0 Å². The van der Waals surface area contributed by atoms with Gasteiger partial charge < -0.3 is 5.11 Å². The highest BCUT2D eigenvalue weighted by atomic mass is 32.2. The van der Waals surface area contributed by atoms with Crippen molar-refractivity contribution in [3.05, 3.63) is 87.5 Å². The lowest BCUT2D eigenvalue weighted by Crippen LogP contribution is -2.16. The standard InChI is InChI=1S/C21H20N4O5S/c1-14-7-9-18(15(2)11-14)24-31(29,30)21-12-17(25(27)28)8-10-19(21)23-22-13-16-5-3-4-6-20(16)26/h3-13,23-24,26H,1-2H3. The average Bonchev–Trinajstić information content (AvgIpc) is 2.71. The van der Waals surface area contributed by atoms with Crippen LogP contribution in [0.4, 0.5) is 17.1 Å². The van der Waals surface area contributed by atoms with Crippen LogP contribution < -0.4 is 10.1 Å². The molecular formula is C21H20N4O5S. The van der Waals surface area contributed by atoms with Crippen LogP contribution in [-0.2, 0) is 10.0 Å². The maximum atomic E-state index is 13.1. The molecule has 9 nitrogen and oxygen atoms in total. The number of aryl methyl sites for hydroxylation is 2. The molecule has 3 aromatic carbocycles. The Kier molecular flexibility index (Phi) is 6.21. The summed E-state index contributed by atoms with van der Waals surface area (Å²) in [5, 5.41) is 24.9. The van der Waals surface area contributed by atoms with Crippen molar-refractivity contribution in [1.82, 2.24) is 0 Å². The van der Waals surface area contributed by atoms with Gasteiger partial charge in [0, 0.05) is 17.7 Å². The van der Waals surface area contributed by atoms with E-state index in [4.69, 9.17) is 0 Å². The van der Waals surface area contributed by atoms with Gasteiger partial charge in [-0.2, -0.15) is 5.10 Å². The molecule has 0 saturated carbocycles. The van der Waals surface area contributed by atoms with Crippen LogP contribution in [0.1, 0.15) is 16.7 Å². The van der Waals surface area contributed by atoms with Gasteiger partial charge in [-0.05, 0) is 43.7 Å². The lowest BCUT2D eigenvalue weighted by atomic mass is 10.1. The Labute approximate surface area is 179 Å². The number of hydrazone groups is 1. The van der Waals surface area contributed by atoms with Crippen molar-refractivity contribution in [2.75, 3.05) is 10.1 Å². The molecular weight excluding hydrogens is 420 g/mol. The first-order valence-corrected chi connectivity index (χ1v) is 10.6. The van der Waals surface area contributed by atoms with Crippen LogP contribution in [-0.4, -0.2) is 24.7 Å². The summed E-state index contributed by atoms with van der Waals surface area (Å²) in [6.07, 6.45) is 1.31. The number of anilines is 2. The van der Waals surface area contributed by atoms with Crippen molar-refractivity contribution in [2.24, 2.45) is 5.10 Å². The second kappa shape index (κ2) is 8.84. The molecule has 0 unspecified atom stereocenters. The number of sulfonamides is 1. The number of hydrogen-bond donors (Lipinski definition) is 3. The Morgan fingerprint density at radius 3 is 2.42 bits per heavy atom. The number of para-hydroxylation sites is 1. The zero-order valence-corrected chi connectivity index (χ0v) is 17.6. The lowest BCUT2D eigenvalue weighted by Gasteiger charge is -2.14. The van der Waals surface area contributed by atoms with Crippen molar-refractivity contribution < 1.29 is 18.4 Å². The van der Waals surface area contributed by atoms with E-state index < -0.39 is 14.9 Å². The summed E-state index contributed by atoms with van der Waals surface area (Å²) in [7, 11) is -4.18. The van der Waals surface area contributed by atoms with E-state index in [-0.39, 0.29) is 22.0 Å². The Morgan fingerprint density at radius 2 is 1.74 bits per heavy atom. The number of nitrogens with zero attached hydrogens (tertiary/aromatic N) is 2. The van der Waals surface area contributed by atoms with Gasteiger partial charge in [-0.1, -0.05) is 29.8 Å². The molecule has 0 radical (unpaired) electrons. The minimum absolute atomic E-state index is 0.00103. The summed E-state index contributed by atoms with van der Waals surface area (Å²) in [5.41, 5.74) is 4.70. The molecule has 3 N–H and O–H groups in total. The predicted molar refractivity (Wildman–Crippen MR) is 119 cm³/mol. The Bertz CT molecular complexity index is 1270. The molecule has 0 amide bonds. The van der Waals surface area contributed by atoms with Crippen LogP contribution in [0.25, 0.3) is 0 Å². The molecule has 0 aliphatic heterocycles. The van der Waals surface area contributed by atoms with Crippen molar-refractivity contribution in [3.8, 4) is 5.75 Å². The highest BCUT2D eigenvalue weighted by Crippen LogP contribution is 2.29. The zero-order valence-electron chi connectivity index (χ0n) is 16.7. The Balaban J connectivity index is 1.97. The molecule has 0 saturated heterocycles. The monoisotopic (exact) mass is 440 g/mol. The van der Waals surface area contributed by atoms with Crippen LogP contribution in [0.5, 0.6) is 5.75 Å². The minimum Gasteiger partial charge on any atom is -0.507 e. The largest absolute Gasteiger partial charge is 0.507 e. The highest BCUT2D eigenvalue weighted by Gasteiger charge is 2.23. The van der Waals surface area contributed by atoms with E-state index in [1.54, 1.807) is 37.3 Å². The quantitative estimate of drug-likeness (QED) is 0.287. The molecule has 0 atom stereocenters. The van der Waals surface area contributed by atoms with E-state index in [1.807, 2.05) is 13.0 Å². The fraction of sp³-hybridized carbons (Fsp3) is 0.0952. The van der Waals surface area contributed by atoms with Crippen LogP contribution in [0.15, 0.2) is 70.7 Å². The fourth-order valence-corrected chi connectivity index (χ4v) is 4.14. The first-order valence-electron chi connectivity index (χ1n) is 9.13. The molecule has 160 valence electrons.